The molecule has 2 N–H and O–H groups in total. The van der Waals surface area contributed by atoms with E-state index in [1.54, 1.807) is 6.07 Å². The monoisotopic (exact) mass is 264 g/mol. The van der Waals surface area contributed by atoms with E-state index in [0.29, 0.717) is 17.7 Å². The van der Waals surface area contributed by atoms with Gasteiger partial charge in [-0.1, -0.05) is 6.92 Å². The number of nitrogens with one attached hydrogen (secondary N) is 2. The van der Waals surface area contributed by atoms with Crippen LogP contribution in [0.2, 0.25) is 0 Å². The average Bonchev–Trinajstić information content (AvgIpc) is 2.38. The highest BCUT2D eigenvalue weighted by Crippen LogP contribution is 2.17. The minimum atomic E-state index is -0.168. The maximum atomic E-state index is 12.1. The molecule has 2 heterocycles. The molecular formula is C13H20N4O2. The van der Waals surface area contributed by atoms with Crippen molar-refractivity contribution in [2.45, 2.75) is 32.7 Å². The third-order valence-electron chi connectivity index (χ3n) is 3.26. The predicted octanol–water partition coefficient (Wildman–Crippen LogP) is 1.12. The smallest absolute Gasteiger partial charge is 0.243 e. The highest BCUT2D eigenvalue weighted by molar-refractivity contribution is 5.93. The Morgan fingerprint density at radius 2 is 2.32 bits per heavy atom. The zero-order valence-corrected chi connectivity index (χ0v) is 11.6. The highest BCUT2D eigenvalue weighted by atomic mass is 16.5. The summed E-state index contributed by atoms with van der Waals surface area (Å²) < 4.78 is 5.06. The van der Waals surface area contributed by atoms with Crippen molar-refractivity contribution in [1.29, 1.82) is 0 Å². The van der Waals surface area contributed by atoms with E-state index < -0.39 is 0 Å². The highest BCUT2D eigenvalue weighted by Gasteiger charge is 2.25. The average molecular weight is 264 g/mol. The van der Waals surface area contributed by atoms with E-state index in [1.165, 1.54) is 7.11 Å². The molecular weight excluding hydrogens is 244 g/mol. The number of amides is 1. The molecule has 0 saturated carbocycles. The van der Waals surface area contributed by atoms with Crippen molar-refractivity contribution in [2.24, 2.45) is 5.92 Å². The second-order valence-electron chi connectivity index (χ2n) is 5.00. The number of aryl methyl sites for hydroxylation is 1. The molecule has 6 heteroatoms. The Balaban J connectivity index is 2.03. The molecule has 1 aliphatic heterocycles. The summed E-state index contributed by atoms with van der Waals surface area (Å²) in [6.07, 6.45) is 1.95. The van der Waals surface area contributed by atoms with Crippen LogP contribution in [0, 0.1) is 12.8 Å². The lowest BCUT2D eigenvalue weighted by Gasteiger charge is -2.26. The van der Waals surface area contributed by atoms with Gasteiger partial charge in [-0.3, -0.25) is 10.1 Å². The molecule has 19 heavy (non-hydrogen) atoms. The summed E-state index contributed by atoms with van der Waals surface area (Å²) in [5, 5.41) is 5.96. The SMILES string of the molecule is COc1cc(C)nc(NC(=O)C2CC(C)CCN2)n1. The van der Waals surface area contributed by atoms with E-state index in [0.717, 1.165) is 25.1 Å². The van der Waals surface area contributed by atoms with E-state index in [-0.39, 0.29) is 11.9 Å². The molecule has 0 bridgehead atoms. The molecule has 2 rings (SSSR count). The Labute approximate surface area is 113 Å². The number of rotatable bonds is 3. The van der Waals surface area contributed by atoms with Crippen molar-refractivity contribution >= 4 is 11.9 Å². The quantitative estimate of drug-likeness (QED) is 0.855. The molecule has 1 amide bonds. The first-order chi connectivity index (χ1) is 9.08. The van der Waals surface area contributed by atoms with E-state index in [4.69, 9.17) is 4.74 Å². The van der Waals surface area contributed by atoms with Crippen LogP contribution in [0.25, 0.3) is 0 Å². The van der Waals surface area contributed by atoms with Gasteiger partial charge in [0.2, 0.25) is 17.7 Å². The summed E-state index contributed by atoms with van der Waals surface area (Å²) in [5.74, 6) is 1.22. The first-order valence-electron chi connectivity index (χ1n) is 6.52. The zero-order valence-electron chi connectivity index (χ0n) is 11.6. The third kappa shape index (κ3) is 3.64. The Morgan fingerprint density at radius 1 is 1.53 bits per heavy atom. The molecule has 0 spiro atoms. The van der Waals surface area contributed by atoms with Gasteiger partial charge in [0, 0.05) is 11.8 Å². The van der Waals surface area contributed by atoms with Gasteiger partial charge in [-0.15, -0.1) is 0 Å². The Kier molecular flexibility index (Phi) is 4.31. The third-order valence-corrected chi connectivity index (χ3v) is 3.26. The molecule has 1 aromatic rings. The van der Waals surface area contributed by atoms with Crippen LogP contribution in [0.3, 0.4) is 0 Å². The first kappa shape index (κ1) is 13.7. The molecule has 1 aliphatic rings. The summed E-state index contributed by atoms with van der Waals surface area (Å²) in [5.41, 5.74) is 0.757. The Bertz CT molecular complexity index is 464. The number of carbonyl (C=O) groups is 1. The van der Waals surface area contributed by atoms with Crippen LogP contribution in [-0.2, 0) is 4.79 Å². The first-order valence-corrected chi connectivity index (χ1v) is 6.52. The van der Waals surface area contributed by atoms with Crippen LogP contribution in [0.4, 0.5) is 5.95 Å². The van der Waals surface area contributed by atoms with Gasteiger partial charge in [-0.25, -0.2) is 4.98 Å². The van der Waals surface area contributed by atoms with Gasteiger partial charge in [0.1, 0.15) is 0 Å². The summed E-state index contributed by atoms with van der Waals surface area (Å²) in [7, 11) is 1.54. The summed E-state index contributed by atoms with van der Waals surface area (Å²) >= 11 is 0. The van der Waals surface area contributed by atoms with Crippen molar-refractivity contribution in [1.82, 2.24) is 15.3 Å². The van der Waals surface area contributed by atoms with Crippen molar-refractivity contribution in [3.8, 4) is 5.88 Å². The lowest BCUT2D eigenvalue weighted by Crippen LogP contribution is -2.45. The van der Waals surface area contributed by atoms with Gasteiger partial charge in [0.15, 0.2) is 0 Å². The van der Waals surface area contributed by atoms with Crippen LogP contribution >= 0.6 is 0 Å². The van der Waals surface area contributed by atoms with Crippen LogP contribution in [0.5, 0.6) is 5.88 Å². The predicted molar refractivity (Wildman–Crippen MR) is 72.1 cm³/mol. The number of anilines is 1. The normalized spacial score (nSPS) is 22.9. The molecule has 0 aliphatic carbocycles. The second kappa shape index (κ2) is 5.97. The van der Waals surface area contributed by atoms with Gasteiger partial charge >= 0.3 is 0 Å². The van der Waals surface area contributed by atoms with Crippen molar-refractivity contribution in [3.05, 3.63) is 11.8 Å². The lowest BCUT2D eigenvalue weighted by molar-refractivity contribution is -0.119. The van der Waals surface area contributed by atoms with E-state index in [2.05, 4.69) is 27.5 Å². The summed E-state index contributed by atoms with van der Waals surface area (Å²) in [6.45, 7) is 4.87. The molecule has 2 atom stereocenters. The summed E-state index contributed by atoms with van der Waals surface area (Å²) in [6, 6.07) is 1.55. The summed E-state index contributed by atoms with van der Waals surface area (Å²) in [4.78, 5) is 20.4. The lowest BCUT2D eigenvalue weighted by atomic mass is 9.94. The van der Waals surface area contributed by atoms with Crippen molar-refractivity contribution < 1.29 is 9.53 Å². The molecule has 1 aromatic heterocycles. The van der Waals surface area contributed by atoms with Gasteiger partial charge in [0.25, 0.3) is 0 Å². The number of aromatic nitrogens is 2. The van der Waals surface area contributed by atoms with Gasteiger partial charge in [-0.2, -0.15) is 4.98 Å². The number of carbonyl (C=O) groups excluding carboxylic acids is 1. The number of piperidine rings is 1. The maximum Gasteiger partial charge on any atom is 0.243 e. The Morgan fingerprint density at radius 3 is 3.00 bits per heavy atom. The number of nitrogens with zero attached hydrogens (tertiary/aromatic N) is 2. The topological polar surface area (TPSA) is 76.1 Å². The molecule has 0 radical (unpaired) electrons. The maximum absolute atomic E-state index is 12.1. The van der Waals surface area contributed by atoms with Crippen molar-refractivity contribution in [2.75, 3.05) is 19.0 Å². The zero-order chi connectivity index (χ0) is 13.8. The second-order valence-corrected chi connectivity index (χ2v) is 5.00. The minimum Gasteiger partial charge on any atom is -0.481 e. The van der Waals surface area contributed by atoms with E-state index >= 15 is 0 Å². The van der Waals surface area contributed by atoms with E-state index in [9.17, 15) is 4.79 Å². The van der Waals surface area contributed by atoms with Gasteiger partial charge < -0.3 is 10.1 Å². The Hall–Kier alpha value is -1.69. The van der Waals surface area contributed by atoms with Crippen molar-refractivity contribution in [3.63, 3.8) is 0 Å². The number of ether oxygens (including phenoxy) is 1. The number of hydrogen-bond acceptors (Lipinski definition) is 5. The molecule has 6 nitrogen and oxygen atoms in total. The molecule has 1 saturated heterocycles. The van der Waals surface area contributed by atoms with Gasteiger partial charge in [0.05, 0.1) is 13.2 Å². The largest absolute Gasteiger partial charge is 0.481 e. The molecule has 2 unspecified atom stereocenters. The van der Waals surface area contributed by atoms with Crippen LogP contribution in [0.15, 0.2) is 6.07 Å². The van der Waals surface area contributed by atoms with Crippen LogP contribution in [0.1, 0.15) is 25.5 Å². The number of methoxy groups -OCH3 is 1. The molecule has 104 valence electrons. The fourth-order valence-electron chi connectivity index (χ4n) is 2.20. The van der Waals surface area contributed by atoms with Crippen LogP contribution < -0.4 is 15.4 Å². The number of hydrogen-bond donors (Lipinski definition) is 2. The standard InChI is InChI=1S/C13H20N4O2/c1-8-4-5-14-10(6-8)12(18)17-13-15-9(2)7-11(16-13)19-3/h7-8,10,14H,4-6H2,1-3H3,(H,15,16,17,18). The molecule has 0 aromatic carbocycles. The minimum absolute atomic E-state index is 0.0841. The molecule has 1 fully saturated rings. The fraction of sp³-hybridized carbons (Fsp3) is 0.615. The van der Waals surface area contributed by atoms with E-state index in [1.807, 2.05) is 6.92 Å². The fourth-order valence-corrected chi connectivity index (χ4v) is 2.20. The van der Waals surface area contributed by atoms with Gasteiger partial charge in [-0.05, 0) is 32.2 Å². The van der Waals surface area contributed by atoms with Crippen LogP contribution in [-0.4, -0.2) is 35.6 Å².